The number of unbranched alkanes of at least 4 members (excludes halogenated alkanes) is 9. The first-order valence-corrected chi connectivity index (χ1v) is 15.2. The van der Waals surface area contributed by atoms with E-state index in [9.17, 15) is 19.2 Å². The minimum Gasteiger partial charge on any atom is -0.449 e. The summed E-state index contributed by atoms with van der Waals surface area (Å²) < 4.78 is 8.76. The lowest BCUT2D eigenvalue weighted by atomic mass is 9.85. The SMILES string of the molecule is CCCCCCCCCCCCNC(=O)c1cccc2c1-c1ccccc1C2CC(CC(=N)OC(=O)O)C(=O)OC(=O)O. The summed E-state index contributed by atoms with van der Waals surface area (Å²) >= 11 is 0. The van der Waals surface area contributed by atoms with Crippen LogP contribution in [0.4, 0.5) is 9.59 Å². The van der Waals surface area contributed by atoms with Crippen LogP contribution in [0.2, 0.25) is 0 Å². The van der Waals surface area contributed by atoms with Crippen LogP contribution in [0.1, 0.15) is 111 Å². The lowest BCUT2D eigenvalue weighted by Crippen LogP contribution is -2.26. The van der Waals surface area contributed by atoms with Crippen molar-refractivity contribution >= 4 is 30.1 Å². The number of esters is 1. The summed E-state index contributed by atoms with van der Waals surface area (Å²) in [4.78, 5) is 48.0. The molecular weight excluding hydrogens is 552 g/mol. The number of hydrogen-bond acceptors (Lipinski definition) is 7. The van der Waals surface area contributed by atoms with Crippen molar-refractivity contribution in [3.63, 3.8) is 0 Å². The van der Waals surface area contributed by atoms with E-state index in [1.165, 1.54) is 44.9 Å². The molecule has 232 valence electrons. The number of carboxylic acid groups (broad SMARTS) is 2. The van der Waals surface area contributed by atoms with Crippen molar-refractivity contribution in [2.45, 2.75) is 89.9 Å². The van der Waals surface area contributed by atoms with Crippen LogP contribution in [0.3, 0.4) is 0 Å². The molecule has 0 saturated carbocycles. The second-order valence-corrected chi connectivity index (χ2v) is 11.0. The molecule has 10 heteroatoms. The third-order valence-corrected chi connectivity index (χ3v) is 7.82. The average molecular weight is 595 g/mol. The van der Waals surface area contributed by atoms with Gasteiger partial charge in [0.15, 0.2) is 5.90 Å². The van der Waals surface area contributed by atoms with Gasteiger partial charge in [-0.25, -0.2) is 9.59 Å². The van der Waals surface area contributed by atoms with Crippen molar-refractivity contribution in [3.05, 3.63) is 59.2 Å². The highest BCUT2D eigenvalue weighted by molar-refractivity contribution is 6.03. The highest BCUT2D eigenvalue weighted by Crippen LogP contribution is 2.49. The lowest BCUT2D eigenvalue weighted by Gasteiger charge is -2.20. The fraction of sp³-hybridized carbons (Fsp3) is 0.485. The second-order valence-electron chi connectivity index (χ2n) is 11.0. The molecule has 4 N–H and O–H groups in total. The van der Waals surface area contributed by atoms with Crippen LogP contribution in [-0.4, -0.2) is 46.8 Å². The molecule has 10 nitrogen and oxygen atoms in total. The first kappa shape index (κ1) is 33.3. The van der Waals surface area contributed by atoms with Gasteiger partial charge in [-0.2, -0.15) is 0 Å². The van der Waals surface area contributed by atoms with Crippen molar-refractivity contribution in [1.82, 2.24) is 5.32 Å². The van der Waals surface area contributed by atoms with Crippen LogP contribution in [-0.2, 0) is 14.3 Å². The minimum atomic E-state index is -1.80. The number of carbonyl (C=O) groups excluding carboxylic acids is 2. The summed E-state index contributed by atoms with van der Waals surface area (Å²) in [6.07, 6.45) is 8.12. The van der Waals surface area contributed by atoms with E-state index in [-0.39, 0.29) is 12.3 Å². The number of carbonyl (C=O) groups is 4. The molecule has 0 spiro atoms. The van der Waals surface area contributed by atoms with Crippen LogP contribution in [0.15, 0.2) is 42.5 Å². The number of amides is 1. The Kier molecular flexibility index (Phi) is 13.2. The van der Waals surface area contributed by atoms with Gasteiger partial charge in [-0.3, -0.25) is 15.0 Å². The van der Waals surface area contributed by atoms with Crippen molar-refractivity contribution in [2.75, 3.05) is 6.54 Å². The maximum absolute atomic E-state index is 13.3. The van der Waals surface area contributed by atoms with Gasteiger partial charge >= 0.3 is 18.3 Å². The van der Waals surface area contributed by atoms with Gasteiger partial charge in [-0.1, -0.05) is 101 Å². The topological polar surface area (TPSA) is 163 Å². The number of rotatable bonds is 17. The molecule has 1 aliphatic rings. The Morgan fingerprint density at radius 3 is 2.07 bits per heavy atom. The van der Waals surface area contributed by atoms with Crippen molar-refractivity contribution in [3.8, 4) is 11.1 Å². The van der Waals surface area contributed by atoms with Crippen molar-refractivity contribution < 1.29 is 38.9 Å². The molecule has 0 aromatic heterocycles. The van der Waals surface area contributed by atoms with Crippen LogP contribution < -0.4 is 5.32 Å². The Morgan fingerprint density at radius 2 is 1.42 bits per heavy atom. The number of ether oxygens (including phenoxy) is 2. The second kappa shape index (κ2) is 17.0. The van der Waals surface area contributed by atoms with Crippen LogP contribution in [0.5, 0.6) is 0 Å². The monoisotopic (exact) mass is 594 g/mol. The average Bonchev–Trinajstić information content (AvgIpc) is 3.28. The van der Waals surface area contributed by atoms with E-state index in [1.807, 2.05) is 30.3 Å². The molecular formula is C33H42N2O8. The maximum Gasteiger partial charge on any atom is 0.513 e. The van der Waals surface area contributed by atoms with E-state index in [4.69, 9.17) is 15.6 Å². The Labute approximate surface area is 252 Å². The highest BCUT2D eigenvalue weighted by atomic mass is 16.7. The molecule has 0 heterocycles. The summed E-state index contributed by atoms with van der Waals surface area (Å²) in [5.41, 5.74) is 3.70. The van der Waals surface area contributed by atoms with E-state index in [2.05, 4.69) is 21.7 Å². The smallest absolute Gasteiger partial charge is 0.449 e. The fourth-order valence-corrected chi connectivity index (χ4v) is 5.80. The fourth-order valence-electron chi connectivity index (χ4n) is 5.80. The normalized spacial score (nSPS) is 13.8. The molecule has 2 aromatic rings. The molecule has 2 atom stereocenters. The predicted molar refractivity (Wildman–Crippen MR) is 162 cm³/mol. The van der Waals surface area contributed by atoms with Gasteiger partial charge in [-0.05, 0) is 41.2 Å². The van der Waals surface area contributed by atoms with E-state index in [0.29, 0.717) is 12.1 Å². The molecule has 2 aromatic carbocycles. The summed E-state index contributed by atoms with van der Waals surface area (Å²) in [7, 11) is 0. The largest absolute Gasteiger partial charge is 0.513 e. The molecule has 0 radical (unpaired) electrons. The van der Waals surface area contributed by atoms with Gasteiger partial charge in [0.2, 0.25) is 0 Å². The van der Waals surface area contributed by atoms with Gasteiger partial charge in [0.1, 0.15) is 0 Å². The van der Waals surface area contributed by atoms with Crippen molar-refractivity contribution in [2.24, 2.45) is 5.92 Å². The third kappa shape index (κ3) is 9.94. The molecule has 0 saturated heterocycles. The Bertz CT molecular complexity index is 1290. The van der Waals surface area contributed by atoms with Gasteiger partial charge in [0, 0.05) is 24.4 Å². The van der Waals surface area contributed by atoms with Gasteiger partial charge in [0.05, 0.1) is 5.92 Å². The predicted octanol–water partition coefficient (Wildman–Crippen LogP) is 7.74. The van der Waals surface area contributed by atoms with Crippen LogP contribution in [0.25, 0.3) is 11.1 Å². The summed E-state index contributed by atoms with van der Waals surface area (Å²) in [6, 6.07) is 12.9. The van der Waals surface area contributed by atoms with Crippen molar-refractivity contribution in [1.29, 1.82) is 5.41 Å². The molecule has 1 amide bonds. The minimum absolute atomic E-state index is 0.0190. The third-order valence-electron chi connectivity index (χ3n) is 7.82. The number of hydrogen-bond donors (Lipinski definition) is 4. The lowest BCUT2D eigenvalue weighted by molar-refractivity contribution is -0.143. The molecule has 3 rings (SSSR count). The first-order valence-electron chi connectivity index (χ1n) is 15.2. The van der Waals surface area contributed by atoms with Gasteiger partial charge in [-0.15, -0.1) is 0 Å². The molecule has 0 aliphatic heterocycles. The van der Waals surface area contributed by atoms with Crippen LogP contribution in [0, 0.1) is 11.3 Å². The molecule has 43 heavy (non-hydrogen) atoms. The van der Waals surface area contributed by atoms with Crippen LogP contribution >= 0.6 is 0 Å². The zero-order valence-electron chi connectivity index (χ0n) is 24.7. The number of fused-ring (bicyclic) bond motifs is 3. The quantitative estimate of drug-likeness (QED) is 0.0475. The van der Waals surface area contributed by atoms with E-state index < -0.39 is 42.4 Å². The summed E-state index contributed by atoms with van der Waals surface area (Å²) in [6.45, 7) is 2.79. The first-order chi connectivity index (χ1) is 20.7. The highest BCUT2D eigenvalue weighted by Gasteiger charge is 2.36. The Morgan fingerprint density at radius 1 is 0.814 bits per heavy atom. The van der Waals surface area contributed by atoms with Gasteiger partial charge < -0.3 is 25.0 Å². The maximum atomic E-state index is 13.3. The summed E-state index contributed by atoms with van der Waals surface area (Å²) in [5, 5.41) is 28.7. The van der Waals surface area contributed by atoms with E-state index in [0.717, 1.165) is 41.5 Å². The zero-order valence-corrected chi connectivity index (χ0v) is 24.7. The molecule has 0 fully saturated rings. The van der Waals surface area contributed by atoms with E-state index in [1.54, 1.807) is 12.1 Å². The molecule has 0 bridgehead atoms. The Hall–Kier alpha value is -4.21. The Balaban J connectivity index is 1.69. The molecule has 1 aliphatic carbocycles. The zero-order chi connectivity index (χ0) is 31.2. The van der Waals surface area contributed by atoms with Gasteiger partial charge in [0.25, 0.3) is 5.91 Å². The molecule has 2 unspecified atom stereocenters. The number of nitrogens with one attached hydrogen (secondary N) is 2. The standard InChI is InChI=1S/C33H42N2O8/c1-2-3-4-5-6-7-8-9-10-13-19-35-30(36)26-18-14-17-25-27(23-15-11-12-16-24(23)29(25)26)20-22(31(37)43-33(40)41)21-28(34)42-32(38)39/h11-12,14-18,22,27,34H,2-10,13,19-21H2,1H3,(H,35,36)(H,38,39)(H,40,41). The number of benzene rings is 2. The summed E-state index contributed by atoms with van der Waals surface area (Å²) in [5.74, 6) is -3.61. The van der Waals surface area contributed by atoms with E-state index >= 15 is 0 Å².